The molecule has 0 saturated carbocycles. The van der Waals surface area contributed by atoms with Crippen LogP contribution in [0.25, 0.3) is 0 Å². The topological polar surface area (TPSA) is 90.7 Å². The molecule has 0 amide bonds. The highest BCUT2D eigenvalue weighted by Crippen LogP contribution is 2.25. The summed E-state index contributed by atoms with van der Waals surface area (Å²) in [6, 6.07) is 4.94. The molecule has 8 heteroatoms. The number of nitrogens with zero attached hydrogens (tertiary/aromatic N) is 2. The fourth-order valence-electron chi connectivity index (χ4n) is 3.04. The van der Waals surface area contributed by atoms with Gasteiger partial charge in [-0.25, -0.2) is 4.79 Å². The third-order valence-electron chi connectivity index (χ3n) is 4.32. The Bertz CT molecular complexity index is 868. The van der Waals surface area contributed by atoms with E-state index in [-0.39, 0.29) is 18.0 Å². The van der Waals surface area contributed by atoms with Crippen LogP contribution in [0.1, 0.15) is 33.3 Å². The molecule has 0 spiro atoms. The number of carboxylic acid groups (broad SMARTS) is 1. The van der Waals surface area contributed by atoms with Crippen LogP contribution in [0.5, 0.6) is 11.5 Å². The first kappa shape index (κ1) is 20.7. The number of carboxylic acids is 1. The molecule has 1 heterocycles. The van der Waals surface area contributed by atoms with E-state index in [1.807, 2.05) is 6.92 Å². The van der Waals surface area contributed by atoms with Crippen molar-refractivity contribution in [3.63, 3.8) is 0 Å². The summed E-state index contributed by atoms with van der Waals surface area (Å²) >= 11 is 0. The largest absolute Gasteiger partial charge is 0.497 e. The fourth-order valence-corrected chi connectivity index (χ4v) is 4.66. The molecule has 0 atom stereocenters. The zero-order valence-corrected chi connectivity index (χ0v) is 17.6. The van der Waals surface area contributed by atoms with Gasteiger partial charge in [-0.05, 0) is 24.6 Å². The van der Waals surface area contributed by atoms with Gasteiger partial charge in [0.25, 0.3) is 0 Å². The van der Waals surface area contributed by atoms with Gasteiger partial charge in [-0.2, -0.15) is 5.10 Å². The Labute approximate surface area is 159 Å². The maximum atomic E-state index is 12.9. The standard InChI is InChI=1S/C19H26N2O5Si/c1-7-13-17(19(23)24)21(20-18(13)27(4,5)6)11-15(22)14-10-12(25-2)8-9-16(14)26-3/h8-10H,7,11H2,1-6H3,(H,23,24). The average molecular weight is 391 g/mol. The third-order valence-corrected chi connectivity index (χ3v) is 6.14. The molecule has 1 N–H and O–H groups in total. The molecule has 2 rings (SSSR count). The number of ether oxygens (including phenoxy) is 2. The molecule has 27 heavy (non-hydrogen) atoms. The summed E-state index contributed by atoms with van der Waals surface area (Å²) < 4.78 is 11.8. The Kier molecular flexibility index (Phi) is 6.10. The second-order valence-corrected chi connectivity index (χ2v) is 12.2. The van der Waals surface area contributed by atoms with Crippen LogP contribution in [0, 0.1) is 0 Å². The molecular weight excluding hydrogens is 364 g/mol. The maximum absolute atomic E-state index is 12.9. The van der Waals surface area contributed by atoms with Gasteiger partial charge < -0.3 is 14.6 Å². The number of rotatable bonds is 8. The van der Waals surface area contributed by atoms with Crippen molar-refractivity contribution in [2.24, 2.45) is 0 Å². The van der Waals surface area contributed by atoms with Crippen molar-refractivity contribution in [3.05, 3.63) is 35.0 Å². The van der Waals surface area contributed by atoms with E-state index < -0.39 is 14.0 Å². The predicted molar refractivity (Wildman–Crippen MR) is 105 cm³/mol. The van der Waals surface area contributed by atoms with E-state index in [1.165, 1.54) is 18.9 Å². The van der Waals surface area contributed by atoms with E-state index in [4.69, 9.17) is 9.47 Å². The van der Waals surface area contributed by atoms with Gasteiger partial charge in [0, 0.05) is 10.9 Å². The van der Waals surface area contributed by atoms with E-state index >= 15 is 0 Å². The lowest BCUT2D eigenvalue weighted by Crippen LogP contribution is -2.41. The number of aromatic nitrogens is 2. The number of methoxy groups -OCH3 is 2. The van der Waals surface area contributed by atoms with Gasteiger partial charge in [-0.1, -0.05) is 26.6 Å². The number of benzene rings is 1. The minimum atomic E-state index is -1.87. The zero-order chi connectivity index (χ0) is 20.4. The lowest BCUT2D eigenvalue weighted by molar-refractivity contribution is 0.0681. The van der Waals surface area contributed by atoms with E-state index in [9.17, 15) is 14.7 Å². The first-order valence-corrected chi connectivity index (χ1v) is 12.2. The van der Waals surface area contributed by atoms with E-state index in [1.54, 1.807) is 18.2 Å². The van der Waals surface area contributed by atoms with Gasteiger partial charge >= 0.3 is 5.97 Å². The van der Waals surface area contributed by atoms with Crippen molar-refractivity contribution in [1.82, 2.24) is 9.78 Å². The highest BCUT2D eigenvalue weighted by molar-refractivity contribution is 6.88. The minimum absolute atomic E-state index is 0.0881. The molecule has 0 aliphatic carbocycles. The second-order valence-electron chi connectivity index (χ2n) is 7.23. The van der Waals surface area contributed by atoms with Crippen molar-refractivity contribution in [2.75, 3.05) is 14.2 Å². The molecule has 0 aliphatic rings. The summed E-state index contributed by atoms with van der Waals surface area (Å²) in [6.45, 7) is 8.05. The molecule has 0 fully saturated rings. The monoisotopic (exact) mass is 390 g/mol. The minimum Gasteiger partial charge on any atom is -0.497 e. The molecule has 0 saturated heterocycles. The summed E-state index contributed by atoms with van der Waals surface area (Å²) in [5.41, 5.74) is 1.13. The predicted octanol–water partition coefficient (Wildman–Crippen LogP) is 2.59. The van der Waals surface area contributed by atoms with Crippen molar-refractivity contribution >= 4 is 25.1 Å². The molecule has 7 nitrogen and oxygen atoms in total. The Balaban J connectivity index is 2.53. The first-order chi connectivity index (χ1) is 12.6. The van der Waals surface area contributed by atoms with Crippen LogP contribution in [0.4, 0.5) is 0 Å². The van der Waals surface area contributed by atoms with Crippen LogP contribution in [0.3, 0.4) is 0 Å². The number of ketones is 1. The number of hydrogen-bond donors (Lipinski definition) is 1. The average Bonchev–Trinajstić information content (AvgIpc) is 2.99. The SMILES string of the molecule is CCc1c([Si](C)(C)C)nn(CC(=O)c2cc(OC)ccc2OC)c1C(=O)O. The summed E-state index contributed by atoms with van der Waals surface area (Å²) in [6.07, 6.45) is 0.553. The van der Waals surface area contributed by atoms with E-state index in [2.05, 4.69) is 24.7 Å². The molecule has 146 valence electrons. The number of carbonyl (C=O) groups is 2. The van der Waals surface area contributed by atoms with Crippen LogP contribution in [0.15, 0.2) is 18.2 Å². The third kappa shape index (κ3) is 4.21. The van der Waals surface area contributed by atoms with Crippen LogP contribution in [-0.2, 0) is 13.0 Å². The fraction of sp³-hybridized carbons (Fsp3) is 0.421. The summed E-state index contributed by atoms with van der Waals surface area (Å²) in [5, 5.41) is 15.1. The summed E-state index contributed by atoms with van der Waals surface area (Å²) in [4.78, 5) is 24.8. The normalized spacial score (nSPS) is 11.3. The van der Waals surface area contributed by atoms with E-state index in [0.29, 0.717) is 29.0 Å². The molecular formula is C19H26N2O5Si. The maximum Gasteiger partial charge on any atom is 0.354 e. The number of carbonyl (C=O) groups excluding carboxylic acids is 1. The van der Waals surface area contributed by atoms with Crippen molar-refractivity contribution in [1.29, 1.82) is 0 Å². The molecule has 0 radical (unpaired) electrons. The Morgan fingerprint density at radius 3 is 2.33 bits per heavy atom. The van der Waals surface area contributed by atoms with Gasteiger partial charge in [-0.15, -0.1) is 0 Å². The lowest BCUT2D eigenvalue weighted by atomic mass is 10.1. The Hall–Kier alpha value is -2.61. The van der Waals surface area contributed by atoms with Crippen LogP contribution < -0.4 is 14.8 Å². The molecule has 2 aromatic rings. The smallest absolute Gasteiger partial charge is 0.354 e. The highest BCUT2D eigenvalue weighted by atomic mass is 28.3. The number of aromatic carboxylic acids is 1. The van der Waals surface area contributed by atoms with Gasteiger partial charge in [0.2, 0.25) is 0 Å². The second kappa shape index (κ2) is 7.95. The van der Waals surface area contributed by atoms with Crippen molar-refractivity contribution in [2.45, 2.75) is 39.5 Å². The molecule has 0 unspecified atom stereocenters. The summed E-state index contributed by atoms with van der Waals surface area (Å²) in [7, 11) is 1.12. The molecule has 0 bridgehead atoms. The Morgan fingerprint density at radius 1 is 1.19 bits per heavy atom. The number of hydrogen-bond acceptors (Lipinski definition) is 5. The molecule has 1 aromatic carbocycles. The number of Topliss-reactive ketones (excluding diaryl/α,β-unsaturated/α-hetero) is 1. The van der Waals surface area contributed by atoms with Gasteiger partial charge in [0.15, 0.2) is 5.78 Å². The van der Waals surface area contributed by atoms with Gasteiger partial charge in [0.1, 0.15) is 31.8 Å². The van der Waals surface area contributed by atoms with E-state index in [0.717, 1.165) is 5.32 Å². The Morgan fingerprint density at radius 2 is 1.85 bits per heavy atom. The van der Waals surface area contributed by atoms with Crippen molar-refractivity contribution < 1.29 is 24.2 Å². The van der Waals surface area contributed by atoms with Crippen molar-refractivity contribution in [3.8, 4) is 11.5 Å². The van der Waals surface area contributed by atoms with Gasteiger partial charge in [-0.3, -0.25) is 9.48 Å². The van der Waals surface area contributed by atoms with Gasteiger partial charge in [0.05, 0.1) is 19.8 Å². The van der Waals surface area contributed by atoms with Crippen LogP contribution >= 0.6 is 0 Å². The quantitative estimate of drug-likeness (QED) is 0.550. The zero-order valence-electron chi connectivity index (χ0n) is 16.6. The molecule has 1 aromatic heterocycles. The van der Waals surface area contributed by atoms with Crippen LogP contribution in [-0.4, -0.2) is 48.9 Å². The van der Waals surface area contributed by atoms with Crippen LogP contribution in [0.2, 0.25) is 19.6 Å². The first-order valence-electron chi connectivity index (χ1n) is 8.72. The lowest BCUT2D eigenvalue weighted by Gasteiger charge is -2.14. The highest BCUT2D eigenvalue weighted by Gasteiger charge is 2.31. The molecule has 0 aliphatic heterocycles. The summed E-state index contributed by atoms with van der Waals surface area (Å²) in [5.74, 6) is -0.434.